The molecule has 0 aromatic rings. The lowest BCUT2D eigenvalue weighted by Crippen LogP contribution is -2.30. The van der Waals surface area contributed by atoms with Crippen LogP contribution < -0.4 is 0 Å². The molecule has 0 rings (SSSR count). The number of allylic oxidation sites excluding steroid dienone is 19. The van der Waals surface area contributed by atoms with Gasteiger partial charge >= 0.3 is 39.5 Å². The second-order valence-corrected chi connectivity index (χ2v) is 28.5. The molecule has 0 aliphatic rings. The molecule has 0 saturated carbocycles. The third-order valence-electron chi connectivity index (χ3n) is 16.0. The number of phosphoric acid groups is 2. The summed E-state index contributed by atoms with van der Waals surface area (Å²) in [5.41, 5.74) is 0. The van der Waals surface area contributed by atoms with Crippen LogP contribution in [0.1, 0.15) is 310 Å². The fourth-order valence-corrected chi connectivity index (χ4v) is 11.7. The van der Waals surface area contributed by atoms with Crippen molar-refractivity contribution >= 4 is 39.5 Å². The first-order valence-corrected chi connectivity index (χ1v) is 41.8. The average molecular weight is 1450 g/mol. The van der Waals surface area contributed by atoms with Gasteiger partial charge in [0.15, 0.2) is 12.2 Å². The summed E-state index contributed by atoms with van der Waals surface area (Å²) in [5, 5.41) is 10.6. The van der Waals surface area contributed by atoms with E-state index in [2.05, 4.69) is 125 Å². The first-order valence-electron chi connectivity index (χ1n) is 38.8. The Hall–Kier alpha value is -4.54. The number of esters is 4. The Morgan fingerprint density at radius 1 is 0.300 bits per heavy atom. The van der Waals surface area contributed by atoms with Crippen LogP contribution in [0.25, 0.3) is 0 Å². The topological polar surface area (TPSA) is 237 Å². The summed E-state index contributed by atoms with van der Waals surface area (Å²) < 4.78 is 68.3. The number of phosphoric ester groups is 2. The Balaban J connectivity index is 5.37. The lowest BCUT2D eigenvalue weighted by molar-refractivity contribution is -0.161. The Morgan fingerprint density at radius 3 is 0.930 bits per heavy atom. The Labute approximate surface area is 606 Å². The summed E-state index contributed by atoms with van der Waals surface area (Å²) in [5.74, 6) is -2.34. The molecular weight excluding hydrogens is 1310 g/mol. The van der Waals surface area contributed by atoms with Gasteiger partial charge < -0.3 is 33.8 Å². The molecule has 574 valence electrons. The number of ether oxygens (including phenoxy) is 4. The van der Waals surface area contributed by atoms with Crippen LogP contribution in [-0.4, -0.2) is 96.7 Å². The maximum atomic E-state index is 13.1. The quantitative estimate of drug-likeness (QED) is 0.0169. The van der Waals surface area contributed by atoms with Crippen molar-refractivity contribution in [2.45, 2.75) is 329 Å². The second kappa shape index (κ2) is 72.8. The SMILES string of the molecule is CC/C=C\C/C=C\C/C=C\C/C=C\C/C=C\CC(=O)OCC(COP(=O)(O)OCC(O)COP(=O)(O)OCC(COC(=O)CCCCCCCC/C=C\C/C=C\C/C=C\C/C=C\CC)OC(=O)CCCCCCC/C=C\CCCC)OC(=O)CCCCCCCCCCCCCCCCC. The molecule has 0 amide bonds. The van der Waals surface area contributed by atoms with E-state index in [9.17, 15) is 43.2 Å². The molecule has 3 N–H and O–H groups in total. The molecule has 5 atom stereocenters. The van der Waals surface area contributed by atoms with Crippen LogP contribution in [0.5, 0.6) is 0 Å². The van der Waals surface area contributed by atoms with Gasteiger partial charge in [-0.2, -0.15) is 0 Å². The lowest BCUT2D eigenvalue weighted by Gasteiger charge is -2.21. The van der Waals surface area contributed by atoms with E-state index in [1.165, 1.54) is 77.0 Å². The number of carbonyl (C=O) groups is 4. The number of hydrogen-bond donors (Lipinski definition) is 3. The van der Waals surface area contributed by atoms with Gasteiger partial charge in [0.25, 0.3) is 0 Å². The molecule has 5 unspecified atom stereocenters. The predicted molar refractivity (Wildman–Crippen MR) is 408 cm³/mol. The van der Waals surface area contributed by atoms with Crippen molar-refractivity contribution in [1.82, 2.24) is 0 Å². The van der Waals surface area contributed by atoms with Gasteiger partial charge in [-0.3, -0.25) is 37.3 Å². The van der Waals surface area contributed by atoms with Crippen LogP contribution in [0, 0.1) is 0 Å². The van der Waals surface area contributed by atoms with Gasteiger partial charge in [-0.15, -0.1) is 0 Å². The fourth-order valence-electron chi connectivity index (χ4n) is 10.1. The molecular formula is C81H138O17P2. The van der Waals surface area contributed by atoms with Crippen molar-refractivity contribution in [2.24, 2.45) is 0 Å². The molecule has 0 aliphatic heterocycles. The highest BCUT2D eigenvalue weighted by Gasteiger charge is 2.30. The zero-order chi connectivity index (χ0) is 73.2. The summed E-state index contributed by atoms with van der Waals surface area (Å²) >= 11 is 0. The molecule has 17 nitrogen and oxygen atoms in total. The Morgan fingerprint density at radius 2 is 0.570 bits per heavy atom. The van der Waals surface area contributed by atoms with Crippen molar-refractivity contribution in [1.29, 1.82) is 0 Å². The van der Waals surface area contributed by atoms with Crippen molar-refractivity contribution in [2.75, 3.05) is 39.6 Å². The van der Waals surface area contributed by atoms with E-state index < -0.39 is 97.5 Å². The van der Waals surface area contributed by atoms with E-state index in [0.717, 1.165) is 154 Å². The van der Waals surface area contributed by atoms with Gasteiger partial charge in [-0.25, -0.2) is 9.13 Å². The van der Waals surface area contributed by atoms with E-state index >= 15 is 0 Å². The third-order valence-corrected chi connectivity index (χ3v) is 17.9. The van der Waals surface area contributed by atoms with Crippen molar-refractivity contribution < 1.29 is 80.2 Å². The average Bonchev–Trinajstić information content (AvgIpc) is 0.966. The van der Waals surface area contributed by atoms with Crippen LogP contribution in [0.2, 0.25) is 0 Å². The van der Waals surface area contributed by atoms with Gasteiger partial charge in [0.1, 0.15) is 19.3 Å². The largest absolute Gasteiger partial charge is 0.472 e. The smallest absolute Gasteiger partial charge is 0.462 e. The van der Waals surface area contributed by atoms with Crippen LogP contribution in [0.4, 0.5) is 0 Å². The highest BCUT2D eigenvalue weighted by molar-refractivity contribution is 7.47. The number of rotatable bonds is 72. The monoisotopic (exact) mass is 1440 g/mol. The molecule has 19 heteroatoms. The van der Waals surface area contributed by atoms with Crippen LogP contribution in [-0.2, 0) is 65.4 Å². The van der Waals surface area contributed by atoms with Crippen molar-refractivity contribution in [3.8, 4) is 0 Å². The molecule has 0 spiro atoms. The van der Waals surface area contributed by atoms with Crippen LogP contribution >= 0.6 is 15.6 Å². The maximum Gasteiger partial charge on any atom is 0.472 e. The van der Waals surface area contributed by atoms with Gasteiger partial charge in [0, 0.05) is 19.3 Å². The molecule has 0 aromatic heterocycles. The van der Waals surface area contributed by atoms with E-state index in [4.69, 9.17) is 37.0 Å². The molecule has 100 heavy (non-hydrogen) atoms. The Kier molecular flexibility index (Phi) is 69.5. The standard InChI is InChI=1S/C81H138O17P2/c1-5-9-13-17-21-25-29-32-35-36-37-38-41-43-47-50-54-58-62-66-79(84)91-71-76(97-80(85)67-63-59-55-51-45-28-24-20-16-12-8-4)73-95-99(87,88)93-69-75(82)70-94-100(89,90)96-74-77(98-81(86)68-64-60-56-52-48-44-40-34-31-27-23-19-15-11-7-3)72-92-78(83)65-61-57-53-49-46-42-39-33-30-26-22-18-14-10-6-2/h9-10,13-14,20-22,24-26,32-33,35,37-39,46,49,57,61,75-77,82H,5-8,11-12,15-19,23,27-31,34,36,40-45,47-48,50-56,58-60,62-74H2,1-4H3,(H,87,88)(H,89,90)/b13-9-,14-10-,24-20-,25-21-,26-22-,35-32-,38-37-,39-33-,49-46-,61-57-. The molecule has 0 heterocycles. The zero-order valence-corrected chi connectivity index (χ0v) is 64.4. The minimum atomic E-state index is -4.99. The van der Waals surface area contributed by atoms with Crippen molar-refractivity contribution in [3.05, 3.63) is 122 Å². The zero-order valence-electron chi connectivity index (χ0n) is 62.6. The first-order chi connectivity index (χ1) is 48.7. The van der Waals surface area contributed by atoms with E-state index in [1.807, 2.05) is 18.2 Å². The van der Waals surface area contributed by atoms with Crippen molar-refractivity contribution in [3.63, 3.8) is 0 Å². The van der Waals surface area contributed by atoms with Crippen LogP contribution in [0.3, 0.4) is 0 Å². The lowest BCUT2D eigenvalue weighted by atomic mass is 10.0. The van der Waals surface area contributed by atoms with E-state index in [-0.39, 0.29) is 25.7 Å². The first kappa shape index (κ1) is 95.5. The maximum absolute atomic E-state index is 13.1. The number of hydrogen-bond acceptors (Lipinski definition) is 15. The normalized spacial score (nSPS) is 14.6. The molecule has 0 radical (unpaired) electrons. The summed E-state index contributed by atoms with van der Waals surface area (Å²) in [7, 11) is -9.98. The molecule has 0 bridgehead atoms. The minimum Gasteiger partial charge on any atom is -0.462 e. The Bertz CT molecular complexity index is 2370. The van der Waals surface area contributed by atoms with E-state index in [1.54, 1.807) is 6.08 Å². The fraction of sp³-hybridized carbons (Fsp3) is 0.704. The number of aliphatic hydroxyl groups is 1. The molecule has 0 fully saturated rings. The van der Waals surface area contributed by atoms with Gasteiger partial charge in [-0.1, -0.05) is 297 Å². The van der Waals surface area contributed by atoms with Crippen LogP contribution in [0.15, 0.2) is 122 Å². The molecule has 0 aromatic carbocycles. The highest BCUT2D eigenvalue weighted by atomic mass is 31.2. The van der Waals surface area contributed by atoms with Gasteiger partial charge in [0.05, 0.1) is 32.8 Å². The summed E-state index contributed by atoms with van der Waals surface area (Å²) in [4.78, 5) is 72.8. The summed E-state index contributed by atoms with van der Waals surface area (Å²) in [6, 6.07) is 0. The third kappa shape index (κ3) is 71.8. The predicted octanol–water partition coefficient (Wildman–Crippen LogP) is 22.3. The number of aliphatic hydroxyl groups excluding tert-OH is 1. The molecule has 0 aliphatic carbocycles. The molecule has 0 saturated heterocycles. The minimum absolute atomic E-state index is 0.0702. The van der Waals surface area contributed by atoms with E-state index in [0.29, 0.717) is 25.7 Å². The van der Waals surface area contributed by atoms with Gasteiger partial charge in [-0.05, 0) is 109 Å². The van der Waals surface area contributed by atoms with Gasteiger partial charge in [0.2, 0.25) is 0 Å². The highest BCUT2D eigenvalue weighted by Crippen LogP contribution is 2.45. The summed E-state index contributed by atoms with van der Waals surface area (Å²) in [6.07, 6.45) is 79.4. The number of unbranched alkanes of at least 4 members (excludes halogenated alkanes) is 27. The second-order valence-electron chi connectivity index (χ2n) is 25.6. The summed E-state index contributed by atoms with van der Waals surface area (Å²) in [6.45, 7) is 4.48. The number of carbonyl (C=O) groups excluding carboxylic acids is 4.